The second kappa shape index (κ2) is 7.72. The van der Waals surface area contributed by atoms with Crippen LogP contribution in [0.4, 0.5) is 0 Å². The highest BCUT2D eigenvalue weighted by molar-refractivity contribution is 5.88. The van der Waals surface area contributed by atoms with Crippen LogP contribution in [0.3, 0.4) is 0 Å². The molecule has 1 aromatic carbocycles. The summed E-state index contributed by atoms with van der Waals surface area (Å²) in [5.41, 5.74) is 1.53. The van der Waals surface area contributed by atoms with Crippen molar-refractivity contribution in [1.82, 2.24) is 14.8 Å². The summed E-state index contributed by atoms with van der Waals surface area (Å²) in [4.78, 5) is 12.0. The van der Waals surface area contributed by atoms with Crippen LogP contribution in [0.25, 0.3) is 22.5 Å². The van der Waals surface area contributed by atoms with E-state index < -0.39 is 12.0 Å². The van der Waals surface area contributed by atoms with Crippen molar-refractivity contribution in [3.63, 3.8) is 0 Å². The zero-order valence-corrected chi connectivity index (χ0v) is 15.5. The SMILES string of the molecule is CCCCC(C(=O)O)n1c(-c2nnc(CC(C)C)o2)cc2ccccc21. The Kier molecular flexibility index (Phi) is 5.40. The Morgan fingerprint density at radius 1 is 1.27 bits per heavy atom. The molecule has 2 aromatic heterocycles. The van der Waals surface area contributed by atoms with Crippen molar-refractivity contribution in [3.8, 4) is 11.6 Å². The van der Waals surface area contributed by atoms with Crippen LogP contribution in [0, 0.1) is 5.92 Å². The monoisotopic (exact) mass is 355 g/mol. The Hall–Kier alpha value is -2.63. The number of nitrogens with zero attached hydrogens (tertiary/aromatic N) is 3. The van der Waals surface area contributed by atoms with E-state index in [1.54, 1.807) is 0 Å². The Morgan fingerprint density at radius 2 is 2.04 bits per heavy atom. The van der Waals surface area contributed by atoms with Crippen molar-refractivity contribution >= 4 is 16.9 Å². The quantitative estimate of drug-likeness (QED) is 0.633. The molecule has 3 aromatic rings. The number of fused-ring (bicyclic) bond motifs is 1. The number of carboxylic acid groups (broad SMARTS) is 1. The third-order valence-corrected chi connectivity index (χ3v) is 4.44. The van der Waals surface area contributed by atoms with Gasteiger partial charge >= 0.3 is 5.97 Å². The second-order valence-electron chi connectivity index (χ2n) is 7.05. The molecule has 2 heterocycles. The van der Waals surface area contributed by atoms with Crippen LogP contribution in [0.2, 0.25) is 0 Å². The van der Waals surface area contributed by atoms with Gasteiger partial charge < -0.3 is 14.1 Å². The van der Waals surface area contributed by atoms with E-state index >= 15 is 0 Å². The van der Waals surface area contributed by atoms with Gasteiger partial charge in [0, 0.05) is 17.3 Å². The Labute approximate surface area is 152 Å². The standard InChI is InChI=1S/C20H25N3O3/c1-4-5-9-16(20(24)25)23-15-10-7-6-8-14(15)12-17(23)19-22-21-18(26-19)11-13(2)3/h6-8,10,12-13,16H,4-5,9,11H2,1-3H3,(H,24,25). The highest BCUT2D eigenvalue weighted by atomic mass is 16.4. The fraction of sp³-hybridized carbons (Fsp3) is 0.450. The Bertz CT molecular complexity index is 895. The van der Waals surface area contributed by atoms with Crippen molar-refractivity contribution < 1.29 is 14.3 Å². The van der Waals surface area contributed by atoms with E-state index in [4.69, 9.17) is 4.42 Å². The minimum absolute atomic E-state index is 0.375. The predicted molar refractivity (Wildman–Crippen MR) is 100.0 cm³/mol. The molecule has 0 fully saturated rings. The van der Waals surface area contributed by atoms with Gasteiger partial charge in [0.05, 0.1) is 0 Å². The molecule has 0 aliphatic carbocycles. The molecule has 1 unspecified atom stereocenters. The molecular formula is C20H25N3O3. The number of rotatable bonds is 8. The van der Waals surface area contributed by atoms with Gasteiger partial charge in [-0.05, 0) is 24.5 Å². The van der Waals surface area contributed by atoms with E-state index in [2.05, 4.69) is 31.0 Å². The maximum absolute atomic E-state index is 12.0. The number of hydrogen-bond acceptors (Lipinski definition) is 4. The first kappa shape index (κ1) is 18.2. The molecule has 0 spiro atoms. The Balaban J connectivity index is 2.12. The molecule has 138 valence electrons. The van der Waals surface area contributed by atoms with E-state index in [1.165, 1.54) is 0 Å². The lowest BCUT2D eigenvalue weighted by molar-refractivity contribution is -0.141. The molecular weight excluding hydrogens is 330 g/mol. The maximum Gasteiger partial charge on any atom is 0.326 e. The number of carboxylic acids is 1. The van der Waals surface area contributed by atoms with Gasteiger partial charge in [-0.3, -0.25) is 0 Å². The van der Waals surface area contributed by atoms with Crippen molar-refractivity contribution in [3.05, 3.63) is 36.2 Å². The molecule has 26 heavy (non-hydrogen) atoms. The van der Waals surface area contributed by atoms with Crippen LogP contribution < -0.4 is 0 Å². The molecule has 6 heteroatoms. The van der Waals surface area contributed by atoms with Gasteiger partial charge in [-0.1, -0.05) is 51.8 Å². The molecule has 0 aliphatic heterocycles. The minimum atomic E-state index is -0.844. The van der Waals surface area contributed by atoms with E-state index in [0.717, 1.165) is 23.7 Å². The summed E-state index contributed by atoms with van der Waals surface area (Å²) >= 11 is 0. The average Bonchev–Trinajstić information content (AvgIpc) is 3.19. The topological polar surface area (TPSA) is 81.1 Å². The zero-order valence-electron chi connectivity index (χ0n) is 15.5. The van der Waals surface area contributed by atoms with Crippen molar-refractivity contribution in [1.29, 1.82) is 0 Å². The Morgan fingerprint density at radius 3 is 2.73 bits per heavy atom. The van der Waals surface area contributed by atoms with Crippen LogP contribution in [-0.4, -0.2) is 25.8 Å². The largest absolute Gasteiger partial charge is 0.480 e. The summed E-state index contributed by atoms with van der Waals surface area (Å²) in [7, 11) is 0. The van der Waals surface area contributed by atoms with E-state index in [1.807, 2.05) is 34.9 Å². The molecule has 0 saturated heterocycles. The first-order chi connectivity index (χ1) is 12.5. The number of aliphatic carboxylic acids is 1. The average molecular weight is 355 g/mol. The summed E-state index contributed by atoms with van der Waals surface area (Å²) in [6, 6.07) is 9.04. The van der Waals surface area contributed by atoms with Gasteiger partial charge in [-0.2, -0.15) is 0 Å². The van der Waals surface area contributed by atoms with Gasteiger partial charge in [0.1, 0.15) is 11.7 Å². The number of carbonyl (C=O) groups is 1. The van der Waals surface area contributed by atoms with Crippen molar-refractivity contribution in [2.45, 2.75) is 52.5 Å². The fourth-order valence-electron chi connectivity index (χ4n) is 3.23. The lowest BCUT2D eigenvalue weighted by atomic mass is 10.1. The molecule has 0 amide bonds. The fourth-order valence-corrected chi connectivity index (χ4v) is 3.23. The molecule has 0 radical (unpaired) electrons. The first-order valence-corrected chi connectivity index (χ1v) is 9.16. The zero-order chi connectivity index (χ0) is 18.7. The van der Waals surface area contributed by atoms with Crippen LogP contribution in [-0.2, 0) is 11.2 Å². The number of benzene rings is 1. The van der Waals surface area contributed by atoms with Crippen molar-refractivity contribution in [2.24, 2.45) is 5.92 Å². The maximum atomic E-state index is 12.0. The van der Waals surface area contributed by atoms with Gasteiger partial charge in [-0.25, -0.2) is 4.79 Å². The third-order valence-electron chi connectivity index (χ3n) is 4.44. The number of para-hydroxylation sites is 1. The van der Waals surface area contributed by atoms with Crippen LogP contribution in [0.1, 0.15) is 52.0 Å². The lowest BCUT2D eigenvalue weighted by Crippen LogP contribution is -2.19. The summed E-state index contributed by atoms with van der Waals surface area (Å²) in [5.74, 6) is 0.514. The van der Waals surface area contributed by atoms with E-state index in [9.17, 15) is 9.90 Å². The first-order valence-electron chi connectivity index (χ1n) is 9.16. The van der Waals surface area contributed by atoms with Crippen LogP contribution in [0.15, 0.2) is 34.7 Å². The summed E-state index contributed by atoms with van der Waals surface area (Å²) < 4.78 is 7.68. The number of unbranched alkanes of at least 4 members (excludes halogenated alkanes) is 1. The smallest absolute Gasteiger partial charge is 0.326 e. The molecule has 3 rings (SSSR count). The van der Waals surface area contributed by atoms with Crippen LogP contribution in [0.5, 0.6) is 0 Å². The minimum Gasteiger partial charge on any atom is -0.480 e. The highest BCUT2D eigenvalue weighted by Gasteiger charge is 2.26. The highest BCUT2D eigenvalue weighted by Crippen LogP contribution is 2.33. The third kappa shape index (κ3) is 3.64. The van der Waals surface area contributed by atoms with Crippen LogP contribution >= 0.6 is 0 Å². The van der Waals surface area contributed by atoms with Gasteiger partial charge in [0.15, 0.2) is 0 Å². The van der Waals surface area contributed by atoms with Crippen molar-refractivity contribution in [2.75, 3.05) is 0 Å². The summed E-state index contributed by atoms with van der Waals surface area (Å²) in [6.45, 7) is 6.24. The summed E-state index contributed by atoms with van der Waals surface area (Å²) in [6.07, 6.45) is 3.04. The molecule has 0 saturated carbocycles. The van der Waals surface area contributed by atoms with Gasteiger partial charge in [0.25, 0.3) is 5.89 Å². The lowest BCUT2D eigenvalue weighted by Gasteiger charge is -2.17. The number of hydrogen-bond donors (Lipinski definition) is 1. The molecule has 0 bridgehead atoms. The van der Waals surface area contributed by atoms with E-state index in [-0.39, 0.29) is 0 Å². The molecule has 6 nitrogen and oxygen atoms in total. The molecule has 1 atom stereocenters. The molecule has 0 aliphatic rings. The van der Waals surface area contributed by atoms with E-state index in [0.29, 0.717) is 36.2 Å². The predicted octanol–water partition coefficient (Wildman–Crippen LogP) is 4.71. The molecule has 1 N–H and O–H groups in total. The second-order valence-corrected chi connectivity index (χ2v) is 7.05. The van der Waals surface area contributed by atoms with Gasteiger partial charge in [0.2, 0.25) is 5.89 Å². The summed E-state index contributed by atoms with van der Waals surface area (Å²) in [5, 5.41) is 19.1. The number of aromatic nitrogens is 3. The normalized spacial score (nSPS) is 12.8. The van der Waals surface area contributed by atoms with Gasteiger partial charge in [-0.15, -0.1) is 10.2 Å².